The van der Waals surface area contributed by atoms with Crippen LogP contribution in [0, 0.1) is 28.5 Å². The lowest BCUT2D eigenvalue weighted by molar-refractivity contribution is -0.0161. The van der Waals surface area contributed by atoms with Crippen LogP contribution >= 0.6 is 11.3 Å². The minimum atomic E-state index is -0.596. The zero-order chi connectivity index (χ0) is 30.0. The van der Waals surface area contributed by atoms with Gasteiger partial charge in [0.25, 0.3) is 0 Å². The highest BCUT2D eigenvalue weighted by atomic mass is 32.1. The molecule has 1 spiro atoms. The van der Waals surface area contributed by atoms with Crippen molar-refractivity contribution in [2.45, 2.75) is 26.0 Å². The van der Waals surface area contributed by atoms with Crippen molar-refractivity contribution in [3.8, 4) is 17.3 Å². The summed E-state index contributed by atoms with van der Waals surface area (Å²) in [6.07, 6.45) is 0.397. The number of rotatable bonds is 5. The Balaban J connectivity index is 1.17. The van der Waals surface area contributed by atoms with Gasteiger partial charge in [-0.25, -0.2) is 18.9 Å². The topological polar surface area (TPSA) is 118 Å². The highest BCUT2D eigenvalue weighted by Gasteiger charge is 2.51. The molecule has 7 rings (SSSR count). The van der Waals surface area contributed by atoms with Crippen molar-refractivity contribution < 1.29 is 18.7 Å². The maximum Gasteiger partial charge on any atom is 0.320 e. The number of hydrogen-bond acceptors (Lipinski definition) is 9. The number of carbonyl (C=O) groups excluding carboxylic acids is 1. The molecule has 0 atom stereocenters. The van der Waals surface area contributed by atoms with Crippen LogP contribution in [0.3, 0.4) is 0 Å². The molecule has 3 fully saturated rings. The van der Waals surface area contributed by atoms with E-state index in [1.54, 1.807) is 32.7 Å². The van der Waals surface area contributed by atoms with E-state index >= 15 is 4.39 Å². The van der Waals surface area contributed by atoms with E-state index < -0.39 is 12.1 Å². The lowest BCUT2D eigenvalue weighted by Gasteiger charge is -2.51. The summed E-state index contributed by atoms with van der Waals surface area (Å²) < 4.78 is 30.7. The van der Waals surface area contributed by atoms with Crippen LogP contribution in [0.5, 0.6) is 0 Å². The number of thiazole rings is 1. The number of nitriles is 1. The van der Waals surface area contributed by atoms with Gasteiger partial charge >= 0.3 is 6.03 Å². The molecule has 3 aromatic heterocycles. The summed E-state index contributed by atoms with van der Waals surface area (Å²) in [5.41, 5.74) is 1.65. The van der Waals surface area contributed by atoms with Crippen molar-refractivity contribution in [3.05, 3.63) is 47.0 Å². The second-order valence-electron chi connectivity index (χ2n) is 11.5. The second-order valence-corrected chi connectivity index (χ2v) is 12.5. The molecule has 0 unspecified atom stereocenters. The third kappa shape index (κ3) is 4.54. The Kier molecular flexibility index (Phi) is 6.48. The van der Waals surface area contributed by atoms with Crippen LogP contribution in [0.1, 0.15) is 18.2 Å². The number of β-amino-alcohol motifs (C(OH)–C–C–N with tert-alkyl or cyclic N) is 1. The van der Waals surface area contributed by atoms with Gasteiger partial charge in [0.15, 0.2) is 10.8 Å². The maximum absolute atomic E-state index is 15.4. The predicted molar refractivity (Wildman–Crippen MR) is 157 cm³/mol. The lowest BCUT2D eigenvalue weighted by atomic mass is 9.79. The molecule has 6 heterocycles. The Morgan fingerprint density at radius 3 is 2.60 bits per heavy atom. The minimum absolute atomic E-state index is 0.0485. The summed E-state index contributed by atoms with van der Waals surface area (Å²) >= 11 is 1.21. The van der Waals surface area contributed by atoms with Gasteiger partial charge in [-0.3, -0.25) is 0 Å². The zero-order valence-electron chi connectivity index (χ0n) is 23.7. The molecule has 3 aliphatic rings. The van der Waals surface area contributed by atoms with Gasteiger partial charge < -0.3 is 24.7 Å². The van der Waals surface area contributed by atoms with E-state index in [1.807, 2.05) is 23.8 Å². The number of pyridine rings is 1. The van der Waals surface area contributed by atoms with Crippen molar-refractivity contribution in [2.24, 2.45) is 5.41 Å². The number of likely N-dealkylation sites (tertiary alicyclic amines) is 2. The smallest absolute Gasteiger partial charge is 0.320 e. The number of urea groups is 1. The molecule has 43 heavy (non-hydrogen) atoms. The van der Waals surface area contributed by atoms with Gasteiger partial charge in [0.05, 0.1) is 30.3 Å². The van der Waals surface area contributed by atoms with Crippen LogP contribution in [0.15, 0.2) is 30.3 Å². The maximum atomic E-state index is 15.4. The number of aliphatic hydroxyl groups is 1. The highest BCUT2D eigenvalue weighted by molar-refractivity contribution is 7.16. The fraction of sp³-hybridized carbons (Fsp3) is 0.414. The Morgan fingerprint density at radius 2 is 1.93 bits per heavy atom. The largest absolute Gasteiger partial charge is 0.389 e. The number of anilines is 3. The number of halogens is 2. The summed E-state index contributed by atoms with van der Waals surface area (Å²) in [6, 6.07) is 9.78. The first-order chi connectivity index (χ1) is 20.7. The number of benzene rings is 1. The van der Waals surface area contributed by atoms with E-state index in [-0.39, 0.29) is 22.9 Å². The van der Waals surface area contributed by atoms with Crippen LogP contribution in [0.4, 0.5) is 30.2 Å². The Hall–Kier alpha value is -4.35. The van der Waals surface area contributed by atoms with Crippen LogP contribution in [0.2, 0.25) is 0 Å². The van der Waals surface area contributed by atoms with E-state index in [2.05, 4.69) is 16.2 Å². The second kappa shape index (κ2) is 10.1. The van der Waals surface area contributed by atoms with E-state index in [0.29, 0.717) is 84.0 Å². The lowest BCUT2D eigenvalue weighted by Crippen LogP contribution is -2.66. The molecule has 222 valence electrons. The molecule has 4 aromatic rings. The molecule has 1 aromatic carbocycles. The van der Waals surface area contributed by atoms with E-state index in [4.69, 9.17) is 4.98 Å². The van der Waals surface area contributed by atoms with Crippen molar-refractivity contribution in [1.29, 1.82) is 5.26 Å². The molecular formula is C29H29F2N9O2S. The van der Waals surface area contributed by atoms with E-state index in [9.17, 15) is 19.6 Å². The minimum Gasteiger partial charge on any atom is -0.389 e. The third-order valence-corrected chi connectivity index (χ3v) is 9.65. The number of carbonyl (C=O) groups is 1. The van der Waals surface area contributed by atoms with E-state index in [1.165, 1.54) is 23.5 Å². The predicted octanol–water partition coefficient (Wildman–Crippen LogP) is 3.80. The molecule has 0 aliphatic carbocycles. The van der Waals surface area contributed by atoms with Gasteiger partial charge in [0.2, 0.25) is 5.95 Å². The summed E-state index contributed by atoms with van der Waals surface area (Å²) in [5, 5.41) is 25.1. The SMILES string of the molecule is CCn1nc2nc(F)c(N3CCC4(CN(C(=O)N5CC(O)C5)C4)C3)cc2c1N(C)c1nc(-c2ccc(F)cc2)c(C#N)s1. The molecule has 1 N–H and O–H groups in total. The summed E-state index contributed by atoms with van der Waals surface area (Å²) in [6.45, 7) is 5.64. The highest BCUT2D eigenvalue weighted by Crippen LogP contribution is 2.44. The van der Waals surface area contributed by atoms with Crippen molar-refractivity contribution >= 4 is 45.0 Å². The summed E-state index contributed by atoms with van der Waals surface area (Å²) in [5.74, 6) is -0.301. The van der Waals surface area contributed by atoms with Gasteiger partial charge in [-0.05, 0) is 43.7 Å². The number of aryl methyl sites for hydroxylation is 1. The third-order valence-electron chi connectivity index (χ3n) is 8.61. The zero-order valence-corrected chi connectivity index (χ0v) is 24.5. The summed E-state index contributed by atoms with van der Waals surface area (Å²) in [4.78, 5) is 29.3. The first kappa shape index (κ1) is 27.5. The molecule has 3 saturated heterocycles. The number of aliphatic hydroxyl groups excluding tert-OH is 1. The standard InChI is InChI=1S/C29H29F2N9O2S/c1-3-40-26(36(2)27-33-23(22(11-32)43-27)17-4-6-18(30)7-5-17)20-10-21(24(31)34-25(20)35-40)37-9-8-29(14-37)15-39(16-29)28(42)38-12-19(41)13-38/h4-7,10,19,41H,3,8-9,12-16H2,1-2H3. The molecule has 0 radical (unpaired) electrons. The van der Waals surface area contributed by atoms with Crippen molar-refractivity contribution in [2.75, 3.05) is 56.1 Å². The average molecular weight is 606 g/mol. The molecule has 2 amide bonds. The van der Waals surface area contributed by atoms with Gasteiger partial charge in [-0.1, -0.05) is 11.3 Å². The number of fused-ring (bicyclic) bond motifs is 1. The quantitative estimate of drug-likeness (QED) is 0.342. The number of amides is 2. The molecule has 0 bridgehead atoms. The first-order valence-electron chi connectivity index (χ1n) is 14.1. The number of aromatic nitrogens is 4. The molecule has 14 heteroatoms. The normalized spacial score (nSPS) is 17.8. The fourth-order valence-corrected chi connectivity index (χ4v) is 7.19. The average Bonchev–Trinajstić information content (AvgIpc) is 3.69. The van der Waals surface area contributed by atoms with Crippen LogP contribution in [-0.4, -0.2) is 93.1 Å². The van der Waals surface area contributed by atoms with Crippen molar-refractivity contribution in [1.82, 2.24) is 29.5 Å². The van der Waals surface area contributed by atoms with Gasteiger partial charge in [-0.15, -0.1) is 0 Å². The number of nitrogens with zero attached hydrogens (tertiary/aromatic N) is 9. The van der Waals surface area contributed by atoms with Crippen LogP contribution in [-0.2, 0) is 6.54 Å². The van der Waals surface area contributed by atoms with Gasteiger partial charge in [0.1, 0.15) is 28.3 Å². The molecular weight excluding hydrogens is 576 g/mol. The fourth-order valence-electron chi connectivity index (χ4n) is 6.34. The first-order valence-corrected chi connectivity index (χ1v) is 14.9. The Bertz CT molecular complexity index is 1770. The summed E-state index contributed by atoms with van der Waals surface area (Å²) in [7, 11) is 1.82. The molecule has 11 nitrogen and oxygen atoms in total. The number of hydrogen-bond donors (Lipinski definition) is 1. The van der Waals surface area contributed by atoms with Crippen LogP contribution < -0.4 is 9.80 Å². The molecule has 3 aliphatic heterocycles. The van der Waals surface area contributed by atoms with Gasteiger partial charge in [0, 0.05) is 50.7 Å². The molecule has 0 saturated carbocycles. The van der Waals surface area contributed by atoms with E-state index in [0.717, 1.165) is 6.42 Å². The monoisotopic (exact) mass is 605 g/mol. The van der Waals surface area contributed by atoms with Crippen LogP contribution in [0.25, 0.3) is 22.3 Å². The van der Waals surface area contributed by atoms with Gasteiger partial charge in [-0.2, -0.15) is 19.7 Å². The Labute approximate surface area is 250 Å². The Morgan fingerprint density at radius 1 is 1.19 bits per heavy atom. The van der Waals surface area contributed by atoms with Crippen molar-refractivity contribution in [3.63, 3.8) is 0 Å².